The summed E-state index contributed by atoms with van der Waals surface area (Å²) in [6.07, 6.45) is 4.19. The molecule has 0 bridgehead atoms. The molecule has 7 nitrogen and oxygen atoms in total. The van der Waals surface area contributed by atoms with Gasteiger partial charge in [0.25, 0.3) is 0 Å². The van der Waals surface area contributed by atoms with Crippen molar-refractivity contribution in [1.29, 1.82) is 0 Å². The number of hydrogen-bond donors (Lipinski definition) is 2. The number of nitrogens with zero attached hydrogens (tertiary/aromatic N) is 3. The fourth-order valence-corrected chi connectivity index (χ4v) is 3.49. The number of likely N-dealkylation sites (tertiary alicyclic amines) is 1. The van der Waals surface area contributed by atoms with Crippen molar-refractivity contribution in [3.8, 4) is 17.4 Å². The molecule has 1 aliphatic rings. The second-order valence-electron chi connectivity index (χ2n) is 7.02. The molecule has 1 saturated heterocycles. The van der Waals surface area contributed by atoms with Gasteiger partial charge in [0.15, 0.2) is 5.96 Å². The summed E-state index contributed by atoms with van der Waals surface area (Å²) in [6.45, 7) is 8.37. The van der Waals surface area contributed by atoms with Crippen molar-refractivity contribution >= 4 is 5.96 Å². The van der Waals surface area contributed by atoms with Crippen molar-refractivity contribution in [1.82, 2.24) is 15.2 Å². The van der Waals surface area contributed by atoms with Gasteiger partial charge in [0.1, 0.15) is 11.5 Å². The van der Waals surface area contributed by atoms with Gasteiger partial charge in [-0.2, -0.15) is 0 Å². The van der Waals surface area contributed by atoms with Crippen LogP contribution in [0.4, 0.5) is 0 Å². The first-order valence-corrected chi connectivity index (χ1v) is 10.3. The molecule has 0 saturated carbocycles. The minimum atomic E-state index is 0.471. The number of aromatic nitrogens is 1. The molecule has 0 radical (unpaired) electrons. The number of pyridine rings is 1. The molecule has 3 rings (SSSR count). The maximum Gasteiger partial charge on any atom is 0.219 e. The summed E-state index contributed by atoms with van der Waals surface area (Å²) in [6, 6.07) is 11.8. The van der Waals surface area contributed by atoms with E-state index in [9.17, 15) is 0 Å². The van der Waals surface area contributed by atoms with Gasteiger partial charge in [0, 0.05) is 24.8 Å². The molecular formula is C22H31N5O2. The SMILES string of the molecule is CCOc1ccc(Oc2cc(CN=C(N)NCC3CCCN3CC)ccn2)cc1. The zero-order valence-corrected chi connectivity index (χ0v) is 17.3. The van der Waals surface area contributed by atoms with E-state index >= 15 is 0 Å². The van der Waals surface area contributed by atoms with Gasteiger partial charge in [0.05, 0.1) is 13.2 Å². The lowest BCUT2D eigenvalue weighted by Crippen LogP contribution is -2.42. The molecule has 0 spiro atoms. The first kappa shape index (κ1) is 20.9. The zero-order chi connectivity index (χ0) is 20.5. The van der Waals surface area contributed by atoms with Crippen molar-refractivity contribution in [2.45, 2.75) is 39.3 Å². The molecule has 2 heterocycles. The van der Waals surface area contributed by atoms with Crippen LogP contribution in [0.15, 0.2) is 47.6 Å². The third-order valence-electron chi connectivity index (χ3n) is 5.01. The number of nitrogens with one attached hydrogen (secondary N) is 1. The quantitative estimate of drug-likeness (QED) is 0.499. The fourth-order valence-electron chi connectivity index (χ4n) is 3.49. The number of aliphatic imine (C=N–C) groups is 1. The third kappa shape index (κ3) is 6.35. The van der Waals surface area contributed by atoms with Gasteiger partial charge < -0.3 is 20.5 Å². The predicted molar refractivity (Wildman–Crippen MR) is 116 cm³/mol. The molecule has 1 aliphatic heterocycles. The van der Waals surface area contributed by atoms with Crippen LogP contribution in [-0.4, -0.2) is 48.1 Å². The lowest BCUT2D eigenvalue weighted by molar-refractivity contribution is 0.267. The van der Waals surface area contributed by atoms with Crippen LogP contribution in [0.1, 0.15) is 32.3 Å². The molecule has 29 heavy (non-hydrogen) atoms. The van der Waals surface area contributed by atoms with Crippen LogP contribution >= 0.6 is 0 Å². The number of rotatable bonds is 9. The van der Waals surface area contributed by atoms with E-state index in [1.54, 1.807) is 6.20 Å². The van der Waals surface area contributed by atoms with Crippen LogP contribution in [0, 0.1) is 0 Å². The largest absolute Gasteiger partial charge is 0.494 e. The Hall–Kier alpha value is -2.80. The van der Waals surface area contributed by atoms with E-state index in [4.69, 9.17) is 15.2 Å². The Kier molecular flexibility index (Phi) is 7.69. The van der Waals surface area contributed by atoms with Gasteiger partial charge in [-0.05, 0) is 68.8 Å². The maximum absolute atomic E-state index is 6.05. The molecule has 1 atom stereocenters. The Morgan fingerprint density at radius 1 is 1.24 bits per heavy atom. The van der Waals surface area contributed by atoms with Crippen molar-refractivity contribution < 1.29 is 9.47 Å². The third-order valence-corrected chi connectivity index (χ3v) is 5.01. The zero-order valence-electron chi connectivity index (χ0n) is 17.3. The number of likely N-dealkylation sites (N-methyl/N-ethyl adjacent to an activating group) is 1. The van der Waals surface area contributed by atoms with E-state index in [0.717, 1.165) is 24.4 Å². The van der Waals surface area contributed by atoms with Gasteiger partial charge in [-0.15, -0.1) is 0 Å². The Bertz CT molecular complexity index is 794. The van der Waals surface area contributed by atoms with Crippen molar-refractivity contribution in [2.24, 2.45) is 10.7 Å². The average Bonchev–Trinajstić information content (AvgIpc) is 3.20. The highest BCUT2D eigenvalue weighted by molar-refractivity contribution is 5.77. The topological polar surface area (TPSA) is 85.0 Å². The molecule has 1 fully saturated rings. The number of hydrogen-bond acceptors (Lipinski definition) is 5. The second-order valence-corrected chi connectivity index (χ2v) is 7.02. The second kappa shape index (κ2) is 10.7. The molecule has 3 N–H and O–H groups in total. The summed E-state index contributed by atoms with van der Waals surface area (Å²) in [5.41, 5.74) is 7.04. The van der Waals surface area contributed by atoms with Crippen molar-refractivity contribution in [3.63, 3.8) is 0 Å². The Labute approximate surface area is 172 Å². The van der Waals surface area contributed by atoms with Gasteiger partial charge in [-0.3, -0.25) is 4.90 Å². The first-order valence-electron chi connectivity index (χ1n) is 10.3. The Morgan fingerprint density at radius 3 is 2.79 bits per heavy atom. The molecule has 1 aromatic heterocycles. The van der Waals surface area contributed by atoms with E-state index in [0.29, 0.717) is 36.8 Å². The van der Waals surface area contributed by atoms with Gasteiger partial charge >= 0.3 is 0 Å². The number of ether oxygens (including phenoxy) is 2. The highest BCUT2D eigenvalue weighted by Crippen LogP contribution is 2.23. The fraction of sp³-hybridized carbons (Fsp3) is 0.455. The summed E-state index contributed by atoms with van der Waals surface area (Å²) in [7, 11) is 0. The van der Waals surface area contributed by atoms with Crippen LogP contribution in [0.2, 0.25) is 0 Å². The van der Waals surface area contributed by atoms with Gasteiger partial charge in [-0.1, -0.05) is 6.92 Å². The highest BCUT2D eigenvalue weighted by atomic mass is 16.5. The molecule has 7 heteroatoms. The smallest absolute Gasteiger partial charge is 0.219 e. The molecule has 2 aromatic rings. The molecule has 1 aromatic carbocycles. The molecule has 0 aliphatic carbocycles. The standard InChI is InChI=1S/C22H31N5O2/c1-3-27-13-5-6-18(27)16-26-22(23)25-15-17-11-12-24-21(14-17)29-20-9-7-19(8-10-20)28-4-2/h7-12,14,18H,3-6,13,15-16H2,1-2H3,(H3,23,25,26). The van der Waals surface area contributed by atoms with E-state index < -0.39 is 0 Å². The van der Waals surface area contributed by atoms with Crippen LogP contribution < -0.4 is 20.5 Å². The minimum absolute atomic E-state index is 0.471. The van der Waals surface area contributed by atoms with Gasteiger partial charge in [0.2, 0.25) is 5.88 Å². The van der Waals surface area contributed by atoms with Crippen molar-refractivity contribution in [2.75, 3.05) is 26.2 Å². The lowest BCUT2D eigenvalue weighted by atomic mass is 10.2. The van der Waals surface area contributed by atoms with Crippen LogP contribution in [0.3, 0.4) is 0 Å². The molecule has 1 unspecified atom stereocenters. The van der Waals surface area contributed by atoms with E-state index in [1.165, 1.54) is 19.4 Å². The molecule has 0 amide bonds. The lowest BCUT2D eigenvalue weighted by Gasteiger charge is -2.23. The number of nitrogens with two attached hydrogens (primary N) is 1. The summed E-state index contributed by atoms with van der Waals surface area (Å²) < 4.78 is 11.3. The number of benzene rings is 1. The average molecular weight is 398 g/mol. The predicted octanol–water partition coefficient (Wildman–Crippen LogP) is 3.16. The van der Waals surface area contributed by atoms with Crippen molar-refractivity contribution in [3.05, 3.63) is 48.2 Å². The summed E-state index contributed by atoms with van der Waals surface area (Å²) in [5, 5.41) is 3.26. The highest BCUT2D eigenvalue weighted by Gasteiger charge is 2.22. The summed E-state index contributed by atoms with van der Waals surface area (Å²) in [5.74, 6) is 2.52. The Balaban J connectivity index is 1.51. The summed E-state index contributed by atoms with van der Waals surface area (Å²) >= 11 is 0. The molecular weight excluding hydrogens is 366 g/mol. The summed E-state index contributed by atoms with van der Waals surface area (Å²) in [4.78, 5) is 11.2. The first-order chi connectivity index (χ1) is 14.2. The normalized spacial score (nSPS) is 17.3. The minimum Gasteiger partial charge on any atom is -0.494 e. The monoisotopic (exact) mass is 397 g/mol. The van der Waals surface area contributed by atoms with E-state index in [-0.39, 0.29) is 0 Å². The van der Waals surface area contributed by atoms with Crippen LogP contribution in [0.25, 0.3) is 0 Å². The Morgan fingerprint density at radius 2 is 2.03 bits per heavy atom. The molecule has 156 valence electrons. The number of guanidine groups is 1. The van der Waals surface area contributed by atoms with E-state index in [2.05, 4.69) is 27.1 Å². The van der Waals surface area contributed by atoms with E-state index in [1.807, 2.05) is 43.3 Å². The van der Waals surface area contributed by atoms with Crippen LogP contribution in [0.5, 0.6) is 17.4 Å². The maximum atomic E-state index is 6.05. The van der Waals surface area contributed by atoms with Gasteiger partial charge in [-0.25, -0.2) is 9.98 Å². The van der Waals surface area contributed by atoms with Crippen LogP contribution in [-0.2, 0) is 6.54 Å².